The van der Waals surface area contributed by atoms with Crippen molar-refractivity contribution in [1.82, 2.24) is 4.72 Å². The summed E-state index contributed by atoms with van der Waals surface area (Å²) in [4.78, 5) is 26.5. The van der Waals surface area contributed by atoms with Gasteiger partial charge < -0.3 is 15.0 Å². The largest absolute Gasteiger partial charge is 0.495 e. The van der Waals surface area contributed by atoms with E-state index in [-0.39, 0.29) is 35.6 Å². The van der Waals surface area contributed by atoms with Crippen molar-refractivity contribution in [2.24, 2.45) is 5.92 Å². The maximum atomic E-state index is 12.7. The summed E-state index contributed by atoms with van der Waals surface area (Å²) in [7, 11) is -2.31. The Morgan fingerprint density at radius 2 is 1.97 bits per heavy atom. The number of hydrogen-bond donors (Lipinski definition) is 2. The third-order valence-corrected chi connectivity index (χ3v) is 7.22. The first kappa shape index (κ1) is 22.6. The van der Waals surface area contributed by atoms with Crippen LogP contribution >= 0.6 is 11.6 Å². The third-order valence-electron chi connectivity index (χ3n) is 5.53. The van der Waals surface area contributed by atoms with Crippen molar-refractivity contribution in [1.29, 1.82) is 0 Å². The number of halogens is 1. The van der Waals surface area contributed by atoms with Gasteiger partial charge in [0.2, 0.25) is 21.8 Å². The lowest BCUT2D eigenvalue weighted by Crippen LogP contribution is -2.30. The van der Waals surface area contributed by atoms with Gasteiger partial charge in [0.25, 0.3) is 0 Å². The molecule has 1 fully saturated rings. The number of benzene rings is 2. The van der Waals surface area contributed by atoms with E-state index in [1.54, 1.807) is 35.2 Å². The molecule has 0 aromatic heterocycles. The molecule has 10 heteroatoms. The van der Waals surface area contributed by atoms with Crippen LogP contribution in [0.15, 0.2) is 41.3 Å². The maximum absolute atomic E-state index is 12.7. The molecule has 0 bridgehead atoms. The van der Waals surface area contributed by atoms with Gasteiger partial charge in [-0.1, -0.05) is 11.6 Å². The predicted octanol–water partition coefficient (Wildman–Crippen LogP) is 2.95. The average Bonchev–Trinajstić information content (AvgIpc) is 3.52. The Morgan fingerprint density at radius 1 is 1.19 bits per heavy atom. The first-order chi connectivity index (χ1) is 15.3. The Bertz CT molecular complexity index is 1160. The predicted molar refractivity (Wildman–Crippen MR) is 122 cm³/mol. The van der Waals surface area contributed by atoms with E-state index in [0.29, 0.717) is 29.4 Å². The molecule has 2 amide bonds. The van der Waals surface area contributed by atoms with Crippen LogP contribution in [0.3, 0.4) is 0 Å². The van der Waals surface area contributed by atoms with Crippen LogP contribution in [0, 0.1) is 5.92 Å². The minimum Gasteiger partial charge on any atom is -0.495 e. The molecule has 0 radical (unpaired) electrons. The molecule has 1 heterocycles. The van der Waals surface area contributed by atoms with E-state index in [1.807, 2.05) is 0 Å². The van der Waals surface area contributed by atoms with E-state index in [4.69, 9.17) is 16.3 Å². The molecular formula is C22H24ClN3O5S. The fourth-order valence-electron chi connectivity index (χ4n) is 3.70. The zero-order valence-electron chi connectivity index (χ0n) is 17.6. The summed E-state index contributed by atoms with van der Waals surface area (Å²) in [5, 5.41) is 3.11. The molecule has 1 aliphatic heterocycles. The highest BCUT2D eigenvalue weighted by atomic mass is 35.5. The lowest BCUT2D eigenvalue weighted by atomic mass is 10.2. The van der Waals surface area contributed by atoms with Gasteiger partial charge in [0, 0.05) is 36.1 Å². The van der Waals surface area contributed by atoms with Crippen LogP contribution in [0.4, 0.5) is 11.4 Å². The highest BCUT2D eigenvalue weighted by Crippen LogP contribution is 2.37. The van der Waals surface area contributed by atoms with Crippen LogP contribution in [0.25, 0.3) is 0 Å². The molecule has 0 atom stereocenters. The SMILES string of the molecule is COc1ccc(Cl)cc1NC(=O)CCNS(=O)(=O)c1ccc2c(c1)CCN2C(=O)C1CC1. The van der Waals surface area contributed by atoms with Crippen molar-refractivity contribution in [3.05, 3.63) is 47.0 Å². The van der Waals surface area contributed by atoms with Crippen molar-refractivity contribution in [3.63, 3.8) is 0 Å². The number of sulfonamides is 1. The Balaban J connectivity index is 1.35. The average molecular weight is 478 g/mol. The summed E-state index contributed by atoms with van der Waals surface area (Å²) in [5.41, 5.74) is 2.04. The first-order valence-corrected chi connectivity index (χ1v) is 12.2. The monoisotopic (exact) mass is 477 g/mol. The number of fused-ring (bicyclic) bond motifs is 1. The summed E-state index contributed by atoms with van der Waals surface area (Å²) in [6.07, 6.45) is 2.42. The van der Waals surface area contributed by atoms with E-state index >= 15 is 0 Å². The van der Waals surface area contributed by atoms with Gasteiger partial charge in [-0.05, 0) is 61.2 Å². The van der Waals surface area contributed by atoms with Crippen molar-refractivity contribution in [3.8, 4) is 5.75 Å². The molecule has 1 aliphatic carbocycles. The summed E-state index contributed by atoms with van der Waals surface area (Å²) >= 11 is 5.95. The number of methoxy groups -OCH3 is 1. The number of nitrogens with zero attached hydrogens (tertiary/aromatic N) is 1. The zero-order chi connectivity index (χ0) is 22.9. The van der Waals surface area contributed by atoms with Gasteiger partial charge in [-0.15, -0.1) is 0 Å². The molecule has 170 valence electrons. The van der Waals surface area contributed by atoms with Crippen LogP contribution in [0.2, 0.25) is 5.02 Å². The minimum absolute atomic E-state index is 0.0660. The van der Waals surface area contributed by atoms with E-state index in [2.05, 4.69) is 10.0 Å². The quantitative estimate of drug-likeness (QED) is 0.608. The van der Waals surface area contributed by atoms with E-state index < -0.39 is 10.0 Å². The number of nitrogens with one attached hydrogen (secondary N) is 2. The second kappa shape index (κ2) is 9.09. The smallest absolute Gasteiger partial charge is 0.240 e. The molecule has 2 aliphatic rings. The van der Waals surface area contributed by atoms with Gasteiger partial charge >= 0.3 is 0 Å². The highest BCUT2D eigenvalue weighted by Gasteiger charge is 2.36. The van der Waals surface area contributed by atoms with Gasteiger partial charge in [0.1, 0.15) is 5.75 Å². The number of hydrogen-bond acceptors (Lipinski definition) is 5. The maximum Gasteiger partial charge on any atom is 0.240 e. The Labute approximate surface area is 191 Å². The molecular weight excluding hydrogens is 454 g/mol. The standard InChI is InChI=1S/C22H24ClN3O5S/c1-31-20-7-4-16(23)13-18(20)25-21(27)8-10-24-32(29,30)17-5-6-19-15(12-17)9-11-26(19)22(28)14-2-3-14/h4-7,12-14,24H,2-3,8-11H2,1H3,(H,25,27). The van der Waals surface area contributed by atoms with Gasteiger partial charge in [-0.2, -0.15) is 0 Å². The number of anilines is 2. The molecule has 0 unspecified atom stereocenters. The summed E-state index contributed by atoms with van der Waals surface area (Å²) in [6.45, 7) is 0.509. The third kappa shape index (κ3) is 4.90. The summed E-state index contributed by atoms with van der Waals surface area (Å²) in [5.74, 6) is 0.316. The molecule has 32 heavy (non-hydrogen) atoms. The molecule has 2 aromatic carbocycles. The number of ether oxygens (including phenoxy) is 1. The number of carbonyl (C=O) groups excluding carboxylic acids is 2. The molecule has 0 saturated heterocycles. The molecule has 1 saturated carbocycles. The van der Waals surface area contributed by atoms with Crippen LogP contribution in [-0.2, 0) is 26.0 Å². The second-order valence-corrected chi connectivity index (χ2v) is 10.0. The van der Waals surface area contributed by atoms with Gasteiger partial charge in [-0.3, -0.25) is 9.59 Å². The fraction of sp³-hybridized carbons (Fsp3) is 0.364. The van der Waals surface area contributed by atoms with Crippen LogP contribution in [-0.4, -0.2) is 40.4 Å². The highest BCUT2D eigenvalue weighted by molar-refractivity contribution is 7.89. The fourth-order valence-corrected chi connectivity index (χ4v) is 4.95. The van der Waals surface area contributed by atoms with Gasteiger partial charge in [0.05, 0.1) is 17.7 Å². The topological polar surface area (TPSA) is 105 Å². The zero-order valence-corrected chi connectivity index (χ0v) is 19.1. The second-order valence-electron chi connectivity index (χ2n) is 7.85. The Morgan fingerprint density at radius 3 is 2.69 bits per heavy atom. The molecule has 2 aromatic rings. The lowest BCUT2D eigenvalue weighted by Gasteiger charge is -2.17. The van der Waals surface area contributed by atoms with Crippen LogP contribution in [0.1, 0.15) is 24.8 Å². The first-order valence-electron chi connectivity index (χ1n) is 10.4. The van der Waals surface area contributed by atoms with Crippen molar-refractivity contribution >= 4 is 44.8 Å². The van der Waals surface area contributed by atoms with Crippen LogP contribution in [0.5, 0.6) is 5.75 Å². The summed E-state index contributed by atoms with van der Waals surface area (Å²) < 4.78 is 33.0. The minimum atomic E-state index is -3.79. The van der Waals surface area contributed by atoms with Crippen molar-refractivity contribution < 1.29 is 22.7 Å². The van der Waals surface area contributed by atoms with Crippen molar-refractivity contribution in [2.45, 2.75) is 30.6 Å². The van der Waals surface area contributed by atoms with Crippen molar-refractivity contribution in [2.75, 3.05) is 30.4 Å². The van der Waals surface area contributed by atoms with Crippen LogP contribution < -0.4 is 19.7 Å². The Kier molecular flexibility index (Phi) is 6.41. The van der Waals surface area contributed by atoms with E-state index in [1.165, 1.54) is 13.2 Å². The molecule has 0 spiro atoms. The molecule has 8 nitrogen and oxygen atoms in total. The van der Waals surface area contributed by atoms with Gasteiger partial charge in [0.15, 0.2) is 0 Å². The lowest BCUT2D eigenvalue weighted by molar-refractivity contribution is -0.119. The molecule has 4 rings (SSSR count). The normalized spacial score (nSPS) is 15.4. The van der Waals surface area contributed by atoms with Gasteiger partial charge in [-0.25, -0.2) is 13.1 Å². The Hall–Kier alpha value is -2.62. The van der Waals surface area contributed by atoms with E-state index in [0.717, 1.165) is 24.1 Å². The summed E-state index contributed by atoms with van der Waals surface area (Å²) in [6, 6.07) is 9.63. The number of rotatable bonds is 8. The molecule has 2 N–H and O–H groups in total. The van der Waals surface area contributed by atoms with E-state index in [9.17, 15) is 18.0 Å². The number of carbonyl (C=O) groups is 2. The number of amides is 2.